The van der Waals surface area contributed by atoms with E-state index in [2.05, 4.69) is 20.6 Å². The maximum Gasteiger partial charge on any atom is 0.220 e. The average Bonchev–Trinajstić information content (AvgIpc) is 3.07. The number of nitrogens with zero attached hydrogens (tertiary/aromatic N) is 3. The minimum Gasteiger partial charge on any atom is -0.393 e. The molecular weight excluding hydrogens is 306 g/mol. The molecule has 2 aromatic rings. The average molecular weight is 331 g/mol. The Labute approximate surface area is 141 Å². The van der Waals surface area contributed by atoms with Crippen molar-refractivity contribution in [2.45, 2.75) is 51.7 Å². The van der Waals surface area contributed by atoms with E-state index < -0.39 is 0 Å². The molecule has 1 aliphatic rings. The minimum absolute atomic E-state index is 0.00490. The zero-order valence-corrected chi connectivity index (χ0v) is 14.4. The van der Waals surface area contributed by atoms with Crippen LogP contribution in [-0.2, 0) is 18.3 Å². The Kier molecular flexibility index (Phi) is 4.71. The highest BCUT2D eigenvalue weighted by atomic mass is 16.3. The van der Waals surface area contributed by atoms with E-state index >= 15 is 0 Å². The van der Waals surface area contributed by atoms with Crippen LogP contribution in [0, 0.1) is 19.8 Å². The van der Waals surface area contributed by atoms with Crippen molar-refractivity contribution >= 4 is 5.91 Å². The van der Waals surface area contributed by atoms with Gasteiger partial charge in [0.05, 0.1) is 24.0 Å². The fourth-order valence-corrected chi connectivity index (χ4v) is 3.23. The van der Waals surface area contributed by atoms with Crippen LogP contribution in [0.5, 0.6) is 0 Å². The number of carbonyl (C=O) groups excluding carboxylic acids is 1. The van der Waals surface area contributed by atoms with Crippen LogP contribution in [0.25, 0.3) is 0 Å². The van der Waals surface area contributed by atoms with Crippen molar-refractivity contribution in [2.24, 2.45) is 13.0 Å². The lowest BCUT2D eigenvalue weighted by Crippen LogP contribution is -2.41. The topological polar surface area (TPSA) is 95.8 Å². The summed E-state index contributed by atoms with van der Waals surface area (Å²) in [6.07, 6.45) is 5.93. The fraction of sp³-hybridized carbons (Fsp3) is 0.588. The number of hydrogen-bond acceptors (Lipinski definition) is 4. The van der Waals surface area contributed by atoms with E-state index in [0.717, 1.165) is 35.4 Å². The van der Waals surface area contributed by atoms with Gasteiger partial charge in [-0.05, 0) is 38.2 Å². The quantitative estimate of drug-likeness (QED) is 0.744. The van der Waals surface area contributed by atoms with E-state index in [1.807, 2.05) is 27.1 Å². The van der Waals surface area contributed by atoms with Gasteiger partial charge in [0.2, 0.25) is 5.91 Å². The van der Waals surface area contributed by atoms with Crippen LogP contribution >= 0.6 is 0 Å². The van der Waals surface area contributed by atoms with Crippen LogP contribution in [0.1, 0.15) is 47.8 Å². The summed E-state index contributed by atoms with van der Waals surface area (Å²) < 4.78 is 1.74. The van der Waals surface area contributed by atoms with Crippen LogP contribution in [0.2, 0.25) is 0 Å². The first-order valence-corrected chi connectivity index (χ1v) is 8.40. The molecule has 1 amide bonds. The SMILES string of the molecule is Cc1[nH]nc(CCC(=O)N[C@@H](c2cnn(C)c2)C2CC(O)C2)c1C. The summed E-state index contributed by atoms with van der Waals surface area (Å²) >= 11 is 0. The minimum atomic E-state index is -0.249. The molecule has 0 bridgehead atoms. The Morgan fingerprint density at radius 1 is 1.50 bits per heavy atom. The van der Waals surface area contributed by atoms with Crippen molar-refractivity contribution in [2.75, 3.05) is 0 Å². The predicted molar refractivity (Wildman–Crippen MR) is 89.2 cm³/mol. The molecule has 1 fully saturated rings. The lowest BCUT2D eigenvalue weighted by atomic mass is 9.75. The largest absolute Gasteiger partial charge is 0.393 e. The molecule has 1 saturated carbocycles. The third-order valence-electron chi connectivity index (χ3n) is 4.96. The number of amides is 1. The third kappa shape index (κ3) is 3.51. The molecule has 3 N–H and O–H groups in total. The van der Waals surface area contributed by atoms with E-state index in [1.54, 1.807) is 10.9 Å². The first kappa shape index (κ1) is 16.7. The molecule has 24 heavy (non-hydrogen) atoms. The van der Waals surface area contributed by atoms with Crippen LogP contribution in [0.3, 0.4) is 0 Å². The third-order valence-corrected chi connectivity index (χ3v) is 4.96. The fourth-order valence-electron chi connectivity index (χ4n) is 3.23. The van der Waals surface area contributed by atoms with E-state index in [9.17, 15) is 9.90 Å². The maximum atomic E-state index is 12.4. The van der Waals surface area contributed by atoms with Crippen molar-refractivity contribution < 1.29 is 9.90 Å². The summed E-state index contributed by atoms with van der Waals surface area (Å²) in [6.45, 7) is 3.99. The van der Waals surface area contributed by atoms with Crippen molar-refractivity contribution in [1.29, 1.82) is 0 Å². The van der Waals surface area contributed by atoms with Gasteiger partial charge in [-0.2, -0.15) is 10.2 Å². The molecule has 1 atom stereocenters. The summed E-state index contributed by atoms with van der Waals surface area (Å²) in [7, 11) is 1.86. The first-order valence-electron chi connectivity index (χ1n) is 8.40. The highest BCUT2D eigenvalue weighted by Crippen LogP contribution is 2.38. The van der Waals surface area contributed by atoms with Crippen molar-refractivity contribution in [3.63, 3.8) is 0 Å². The van der Waals surface area contributed by atoms with E-state index in [1.165, 1.54) is 0 Å². The summed E-state index contributed by atoms with van der Waals surface area (Å²) in [6, 6.07) is -0.0865. The molecule has 0 aliphatic heterocycles. The number of aromatic nitrogens is 4. The number of aliphatic hydroxyl groups is 1. The molecule has 1 aliphatic carbocycles. The normalized spacial score (nSPS) is 21.3. The van der Waals surface area contributed by atoms with Crippen molar-refractivity contribution in [3.05, 3.63) is 34.9 Å². The number of H-pyrrole nitrogens is 1. The Hall–Kier alpha value is -2.15. The molecule has 0 spiro atoms. The van der Waals surface area contributed by atoms with Gasteiger partial charge < -0.3 is 10.4 Å². The zero-order valence-electron chi connectivity index (χ0n) is 14.4. The second-order valence-corrected chi connectivity index (χ2v) is 6.80. The highest BCUT2D eigenvalue weighted by Gasteiger charge is 2.36. The Balaban J connectivity index is 1.61. The molecular formula is C17H25N5O2. The number of nitrogens with one attached hydrogen (secondary N) is 2. The number of carbonyl (C=O) groups is 1. The van der Waals surface area contributed by atoms with Gasteiger partial charge in [0.25, 0.3) is 0 Å². The van der Waals surface area contributed by atoms with Gasteiger partial charge >= 0.3 is 0 Å². The second-order valence-electron chi connectivity index (χ2n) is 6.80. The van der Waals surface area contributed by atoms with E-state index in [-0.39, 0.29) is 24.0 Å². The van der Waals surface area contributed by atoms with E-state index in [4.69, 9.17) is 0 Å². The molecule has 7 nitrogen and oxygen atoms in total. The summed E-state index contributed by atoms with van der Waals surface area (Å²) in [4.78, 5) is 12.4. The van der Waals surface area contributed by atoms with Gasteiger partial charge in [-0.15, -0.1) is 0 Å². The van der Waals surface area contributed by atoms with Gasteiger partial charge in [0.15, 0.2) is 0 Å². The van der Waals surface area contributed by atoms with E-state index in [0.29, 0.717) is 12.8 Å². The maximum absolute atomic E-state index is 12.4. The molecule has 0 aromatic carbocycles. The lowest BCUT2D eigenvalue weighted by molar-refractivity contribution is -0.123. The van der Waals surface area contributed by atoms with Crippen molar-refractivity contribution in [3.8, 4) is 0 Å². The van der Waals surface area contributed by atoms with Crippen LogP contribution in [-0.4, -0.2) is 37.1 Å². The summed E-state index contributed by atoms with van der Waals surface area (Å²) in [5.74, 6) is 0.271. The van der Waals surface area contributed by atoms with Gasteiger partial charge in [-0.3, -0.25) is 14.6 Å². The molecule has 2 aromatic heterocycles. The monoisotopic (exact) mass is 331 g/mol. The Morgan fingerprint density at radius 3 is 2.79 bits per heavy atom. The van der Waals surface area contributed by atoms with Crippen LogP contribution < -0.4 is 5.32 Å². The zero-order chi connectivity index (χ0) is 17.3. The van der Waals surface area contributed by atoms with Gasteiger partial charge in [-0.1, -0.05) is 0 Å². The van der Waals surface area contributed by atoms with Crippen LogP contribution in [0.15, 0.2) is 12.4 Å². The molecule has 0 radical (unpaired) electrons. The van der Waals surface area contributed by atoms with Crippen molar-refractivity contribution in [1.82, 2.24) is 25.3 Å². The Bertz CT molecular complexity index is 714. The molecule has 0 unspecified atom stereocenters. The standard InChI is InChI=1S/C17H25N5O2/c1-10-11(2)20-21-15(10)4-5-16(24)19-17(12-6-14(23)7-12)13-8-18-22(3)9-13/h8-9,12,14,17,23H,4-7H2,1-3H3,(H,19,24)(H,20,21)/t12?,14?,17-/m1/s1. The van der Waals surface area contributed by atoms with Gasteiger partial charge in [0.1, 0.15) is 0 Å². The number of aromatic amines is 1. The van der Waals surface area contributed by atoms with Gasteiger partial charge in [0, 0.05) is 37.3 Å². The number of aryl methyl sites for hydroxylation is 3. The van der Waals surface area contributed by atoms with Crippen LogP contribution in [0.4, 0.5) is 0 Å². The molecule has 0 saturated heterocycles. The lowest BCUT2D eigenvalue weighted by Gasteiger charge is -2.37. The molecule has 7 heteroatoms. The summed E-state index contributed by atoms with van der Waals surface area (Å²) in [5.41, 5.74) is 4.10. The number of hydrogen-bond donors (Lipinski definition) is 3. The number of aliphatic hydroxyl groups excluding tert-OH is 1. The van der Waals surface area contributed by atoms with Gasteiger partial charge in [-0.25, -0.2) is 0 Å². The predicted octanol–water partition coefficient (Wildman–Crippen LogP) is 1.32. The second kappa shape index (κ2) is 6.76. The molecule has 2 heterocycles. The molecule has 3 rings (SSSR count). The molecule has 130 valence electrons. The summed E-state index contributed by atoms with van der Waals surface area (Å²) in [5, 5.41) is 24.1. The highest BCUT2D eigenvalue weighted by molar-refractivity contribution is 5.76. The smallest absolute Gasteiger partial charge is 0.220 e. The first-order chi connectivity index (χ1) is 11.4. The Morgan fingerprint density at radius 2 is 2.25 bits per heavy atom. The number of rotatable bonds is 6.